The molecule has 0 saturated heterocycles. The molecule has 1 heterocycles. The second-order valence-corrected chi connectivity index (χ2v) is 10.8. The molecule has 6 rings (SSSR count). The van der Waals surface area contributed by atoms with E-state index in [9.17, 15) is 4.79 Å². The topological polar surface area (TPSA) is 42.0 Å². The number of benzene rings is 1. The number of anilines is 1. The normalized spacial score (nSPS) is 33.8. The Kier molecular flexibility index (Phi) is 4.15. The van der Waals surface area contributed by atoms with E-state index < -0.39 is 0 Å². The van der Waals surface area contributed by atoms with Crippen LogP contribution < -0.4 is 5.32 Å². The molecule has 4 aliphatic carbocycles. The highest BCUT2D eigenvalue weighted by Crippen LogP contribution is 2.64. The molecule has 3 nitrogen and oxygen atoms in total. The third-order valence-corrected chi connectivity index (χ3v) is 7.77. The Hall–Kier alpha value is -1.68. The van der Waals surface area contributed by atoms with E-state index >= 15 is 0 Å². The lowest BCUT2D eigenvalue weighted by Gasteiger charge is -2.59. The number of carbonyl (C=O) groups is 1. The summed E-state index contributed by atoms with van der Waals surface area (Å²) in [4.78, 5) is 17.3. The number of rotatable bonds is 4. The van der Waals surface area contributed by atoms with Gasteiger partial charge in [0.25, 0.3) is 0 Å². The minimum absolute atomic E-state index is 0.163. The maximum atomic E-state index is 13.2. The Morgan fingerprint density at radius 2 is 1.63 bits per heavy atom. The van der Waals surface area contributed by atoms with Gasteiger partial charge in [-0.15, -0.1) is 0 Å². The second kappa shape index (κ2) is 6.44. The van der Waals surface area contributed by atoms with Crippen molar-refractivity contribution in [3.8, 4) is 0 Å². The zero-order valence-electron chi connectivity index (χ0n) is 15.5. The first-order valence-corrected chi connectivity index (χ1v) is 10.8. The number of halogens is 1. The van der Waals surface area contributed by atoms with Crippen LogP contribution in [0.25, 0.3) is 0 Å². The van der Waals surface area contributed by atoms with Crippen molar-refractivity contribution in [1.29, 1.82) is 0 Å². The highest BCUT2D eigenvalue weighted by atomic mass is 79.9. The van der Waals surface area contributed by atoms with Gasteiger partial charge in [0.05, 0.1) is 5.41 Å². The van der Waals surface area contributed by atoms with Crippen molar-refractivity contribution in [3.05, 3.63) is 59.9 Å². The Bertz CT molecular complexity index is 834. The molecule has 2 aromatic rings. The molecule has 0 radical (unpaired) electrons. The van der Waals surface area contributed by atoms with Crippen LogP contribution in [0.15, 0.2) is 48.8 Å². The number of amides is 1. The number of pyridine rings is 1. The van der Waals surface area contributed by atoms with Crippen LogP contribution in [0, 0.1) is 17.3 Å². The molecule has 4 fully saturated rings. The van der Waals surface area contributed by atoms with Crippen molar-refractivity contribution in [2.75, 3.05) is 5.32 Å². The summed E-state index contributed by atoms with van der Waals surface area (Å²) >= 11 is 4.00. The third kappa shape index (κ3) is 3.33. The van der Waals surface area contributed by atoms with Crippen molar-refractivity contribution in [2.24, 2.45) is 17.3 Å². The molecule has 2 atom stereocenters. The number of nitrogens with zero attached hydrogens (tertiary/aromatic N) is 1. The summed E-state index contributed by atoms with van der Waals surface area (Å²) < 4.78 is 0.211. The fraction of sp³-hybridized carbons (Fsp3) is 0.478. The molecule has 1 N–H and O–H groups in total. The van der Waals surface area contributed by atoms with E-state index in [0.717, 1.165) is 43.2 Å². The van der Waals surface area contributed by atoms with Crippen LogP contribution in [0.2, 0.25) is 0 Å². The number of nitrogens with one attached hydrogen (secondary N) is 1. The van der Waals surface area contributed by atoms with E-state index in [1.54, 1.807) is 0 Å². The summed E-state index contributed by atoms with van der Waals surface area (Å²) in [6.07, 6.45) is 11.5. The van der Waals surface area contributed by atoms with Crippen LogP contribution in [0.3, 0.4) is 0 Å². The van der Waals surface area contributed by atoms with E-state index in [0.29, 0.717) is 0 Å². The molecule has 0 unspecified atom stereocenters. The van der Waals surface area contributed by atoms with E-state index in [-0.39, 0.29) is 15.6 Å². The van der Waals surface area contributed by atoms with Gasteiger partial charge in [-0.2, -0.15) is 0 Å². The van der Waals surface area contributed by atoms with Gasteiger partial charge < -0.3 is 5.32 Å². The largest absolute Gasteiger partial charge is 0.326 e. The second-order valence-electron chi connectivity index (χ2n) is 9.08. The lowest BCUT2D eigenvalue weighted by Crippen LogP contribution is -2.57. The summed E-state index contributed by atoms with van der Waals surface area (Å²) in [6, 6.07) is 12.4. The molecular weight excluding hydrogens is 400 g/mol. The van der Waals surface area contributed by atoms with Gasteiger partial charge in [0, 0.05) is 22.4 Å². The van der Waals surface area contributed by atoms with Gasteiger partial charge in [0.1, 0.15) is 0 Å². The van der Waals surface area contributed by atoms with Crippen LogP contribution in [0.1, 0.15) is 49.7 Å². The zero-order chi connectivity index (χ0) is 18.5. The predicted molar refractivity (Wildman–Crippen MR) is 111 cm³/mol. The van der Waals surface area contributed by atoms with E-state index in [1.807, 2.05) is 36.7 Å². The van der Waals surface area contributed by atoms with E-state index in [4.69, 9.17) is 0 Å². The molecular formula is C23H25BrN2O. The van der Waals surface area contributed by atoms with Gasteiger partial charge >= 0.3 is 0 Å². The van der Waals surface area contributed by atoms with E-state index in [1.165, 1.54) is 30.4 Å². The molecule has 27 heavy (non-hydrogen) atoms. The molecule has 0 aliphatic heterocycles. The first-order chi connectivity index (χ1) is 13.0. The summed E-state index contributed by atoms with van der Waals surface area (Å²) in [6.45, 7) is 0. The van der Waals surface area contributed by atoms with Gasteiger partial charge in [-0.25, -0.2) is 0 Å². The molecule has 1 aromatic carbocycles. The standard InChI is InChI=1S/C23H25BrN2O/c24-23-13-18-10-19(14-23)12-22(11-18,15-23)21(27)26-20-3-1-16(2-4-20)9-17-5-7-25-8-6-17/h1-8,18-19H,9-15H2,(H,26,27)/t18-,19-,22?,23?/m0/s1. The first-order valence-electron chi connectivity index (χ1n) is 10.0. The molecule has 4 saturated carbocycles. The van der Waals surface area contributed by atoms with Gasteiger partial charge in [-0.1, -0.05) is 28.1 Å². The van der Waals surface area contributed by atoms with Crippen molar-refractivity contribution in [3.63, 3.8) is 0 Å². The summed E-state index contributed by atoms with van der Waals surface area (Å²) in [5.41, 5.74) is 3.24. The first kappa shape index (κ1) is 17.4. The number of alkyl halides is 1. The molecule has 140 valence electrons. The zero-order valence-corrected chi connectivity index (χ0v) is 17.0. The van der Waals surface area contributed by atoms with Crippen LogP contribution >= 0.6 is 15.9 Å². The monoisotopic (exact) mass is 424 g/mol. The minimum atomic E-state index is -0.163. The molecule has 1 amide bonds. The van der Waals surface area contributed by atoms with Gasteiger partial charge in [-0.3, -0.25) is 9.78 Å². The average molecular weight is 425 g/mol. The Balaban J connectivity index is 1.29. The van der Waals surface area contributed by atoms with Crippen LogP contribution in [0.5, 0.6) is 0 Å². The minimum Gasteiger partial charge on any atom is -0.326 e. The van der Waals surface area contributed by atoms with Crippen molar-refractivity contribution >= 4 is 27.5 Å². The molecule has 0 spiro atoms. The van der Waals surface area contributed by atoms with Crippen LogP contribution in [-0.4, -0.2) is 15.2 Å². The molecule has 4 aliphatic rings. The maximum absolute atomic E-state index is 13.2. The van der Waals surface area contributed by atoms with Crippen molar-refractivity contribution in [1.82, 2.24) is 4.98 Å². The summed E-state index contributed by atoms with van der Waals surface area (Å²) in [5, 5.41) is 3.24. The van der Waals surface area contributed by atoms with E-state index in [2.05, 4.69) is 38.4 Å². The van der Waals surface area contributed by atoms with Gasteiger partial charge in [0.2, 0.25) is 5.91 Å². The SMILES string of the molecule is O=C(Nc1ccc(Cc2ccncc2)cc1)C12C[C@@H]3C[C@H](CC(Br)(C3)C1)C2. The number of hydrogen-bond acceptors (Lipinski definition) is 2. The highest BCUT2D eigenvalue weighted by Gasteiger charge is 2.59. The Morgan fingerprint density at radius 3 is 2.26 bits per heavy atom. The fourth-order valence-corrected chi connectivity index (χ4v) is 7.57. The average Bonchev–Trinajstić information content (AvgIpc) is 2.62. The molecule has 1 aromatic heterocycles. The fourth-order valence-electron chi connectivity index (χ4n) is 6.12. The molecule has 4 bridgehead atoms. The van der Waals surface area contributed by atoms with Crippen molar-refractivity contribution in [2.45, 2.75) is 49.3 Å². The number of aromatic nitrogens is 1. The maximum Gasteiger partial charge on any atom is 0.230 e. The van der Waals surface area contributed by atoms with Gasteiger partial charge in [0.15, 0.2) is 0 Å². The lowest BCUT2D eigenvalue weighted by molar-refractivity contribution is -0.138. The quantitative estimate of drug-likeness (QED) is 0.672. The van der Waals surface area contributed by atoms with Crippen LogP contribution in [-0.2, 0) is 11.2 Å². The lowest BCUT2D eigenvalue weighted by atomic mass is 9.49. The summed E-state index contributed by atoms with van der Waals surface area (Å²) in [5.74, 6) is 1.68. The molecule has 4 heteroatoms. The number of carbonyl (C=O) groups excluding carboxylic acids is 1. The Morgan fingerprint density at radius 1 is 1.00 bits per heavy atom. The Labute approximate surface area is 169 Å². The third-order valence-electron chi connectivity index (χ3n) is 6.84. The smallest absolute Gasteiger partial charge is 0.230 e. The predicted octanol–water partition coefficient (Wildman–Crippen LogP) is 5.34. The van der Waals surface area contributed by atoms with Crippen molar-refractivity contribution < 1.29 is 4.79 Å². The number of hydrogen-bond donors (Lipinski definition) is 1. The highest BCUT2D eigenvalue weighted by molar-refractivity contribution is 9.10. The van der Waals surface area contributed by atoms with Crippen LogP contribution in [0.4, 0.5) is 5.69 Å². The van der Waals surface area contributed by atoms with Gasteiger partial charge in [-0.05, 0) is 92.2 Å². The summed E-state index contributed by atoms with van der Waals surface area (Å²) in [7, 11) is 0.